The molecule has 1 aromatic carbocycles. The summed E-state index contributed by atoms with van der Waals surface area (Å²) in [6.45, 7) is 1.83. The molecule has 3 unspecified atom stereocenters. The second-order valence-corrected chi connectivity index (χ2v) is 14.0. The van der Waals surface area contributed by atoms with E-state index in [0.29, 0.717) is 62.0 Å². The van der Waals surface area contributed by atoms with Crippen molar-refractivity contribution in [2.24, 2.45) is 7.05 Å². The van der Waals surface area contributed by atoms with Crippen LogP contribution < -0.4 is 25.4 Å². The molecule has 5 heterocycles. The summed E-state index contributed by atoms with van der Waals surface area (Å²) in [7, 11) is -0.296. The number of nitrogens with one attached hydrogen (secondary N) is 4. The van der Waals surface area contributed by atoms with Gasteiger partial charge in [0.25, 0.3) is 10.2 Å². The molecule has 2 amide bonds. The van der Waals surface area contributed by atoms with E-state index in [1.807, 2.05) is 13.1 Å². The molecule has 0 saturated carbocycles. The molecule has 45 heavy (non-hydrogen) atoms. The molecular weight excluding hydrogens is 622 g/mol. The molecule has 3 aliphatic heterocycles. The van der Waals surface area contributed by atoms with Crippen molar-refractivity contribution in [3.05, 3.63) is 40.7 Å². The van der Waals surface area contributed by atoms with Gasteiger partial charge in [-0.2, -0.15) is 22.8 Å². The number of piperidine rings is 3. The molecule has 4 N–H and O–H groups in total. The SMILES string of the molecule is COc1nc(NC2CCN(S(=O)(=O)NCC3CC(c4ccc5c(C6CCC(=O)NC6=O)nn(C)c5c4)CCN3)CC2)ncc1Cl. The fourth-order valence-corrected chi connectivity index (χ4v) is 7.97. The zero-order valence-corrected chi connectivity index (χ0v) is 26.8. The Hall–Kier alpha value is -3.37. The Morgan fingerprint density at radius 1 is 1.16 bits per heavy atom. The molecule has 16 heteroatoms. The normalized spacial score (nSPS) is 23.7. The topological polar surface area (TPSA) is 172 Å². The number of imide groups is 1. The van der Waals surface area contributed by atoms with Crippen molar-refractivity contribution in [2.75, 3.05) is 38.6 Å². The van der Waals surface area contributed by atoms with Crippen molar-refractivity contribution in [3.63, 3.8) is 0 Å². The van der Waals surface area contributed by atoms with Gasteiger partial charge in [0.15, 0.2) is 0 Å². The molecule has 3 aliphatic rings. The standard InChI is InChI=1S/C29H38ClN9O5S/c1-38-24-14-17(3-4-21(24)26(37-38)22-5-6-25(40)35-27(22)41)18-7-10-31-20(13-18)15-33-45(42,43)39-11-8-19(9-12-39)34-29-32-16-23(30)28(36-29)44-2/h3-4,14,16,18-20,22,31,33H,5-13,15H2,1-2H3,(H,32,34,36)(H,35,40,41). The minimum atomic E-state index is -3.65. The second-order valence-electron chi connectivity index (χ2n) is 11.9. The number of methoxy groups -OCH3 is 1. The van der Waals surface area contributed by atoms with Crippen LogP contribution in [0, 0.1) is 0 Å². The Morgan fingerprint density at radius 2 is 1.96 bits per heavy atom. The minimum Gasteiger partial charge on any atom is -0.480 e. The molecular formula is C29H38ClN9O5S. The summed E-state index contributed by atoms with van der Waals surface area (Å²) in [4.78, 5) is 32.6. The molecule has 0 bridgehead atoms. The van der Waals surface area contributed by atoms with Gasteiger partial charge in [0, 0.05) is 50.6 Å². The predicted octanol–water partition coefficient (Wildman–Crippen LogP) is 1.79. The molecule has 3 saturated heterocycles. The summed E-state index contributed by atoms with van der Waals surface area (Å²) in [6.07, 6.45) is 5.16. The van der Waals surface area contributed by atoms with Crippen LogP contribution in [0.15, 0.2) is 24.4 Å². The number of benzene rings is 1. The maximum absolute atomic E-state index is 13.2. The first-order valence-corrected chi connectivity index (χ1v) is 17.0. The Labute approximate surface area is 266 Å². The maximum Gasteiger partial charge on any atom is 0.279 e. The Bertz CT molecular complexity index is 1690. The van der Waals surface area contributed by atoms with Crippen molar-refractivity contribution in [1.29, 1.82) is 0 Å². The fourth-order valence-electron chi connectivity index (χ4n) is 6.52. The third-order valence-corrected chi connectivity index (χ3v) is 10.8. The van der Waals surface area contributed by atoms with Gasteiger partial charge in [0.05, 0.1) is 30.4 Å². The van der Waals surface area contributed by atoms with Crippen LogP contribution in [-0.4, -0.2) is 89.7 Å². The van der Waals surface area contributed by atoms with E-state index in [1.165, 1.54) is 17.6 Å². The van der Waals surface area contributed by atoms with Gasteiger partial charge in [-0.25, -0.2) is 9.71 Å². The number of hydrogen-bond donors (Lipinski definition) is 4. The molecule has 0 spiro atoms. The van der Waals surface area contributed by atoms with Gasteiger partial charge >= 0.3 is 0 Å². The van der Waals surface area contributed by atoms with E-state index in [9.17, 15) is 18.0 Å². The van der Waals surface area contributed by atoms with Crippen molar-refractivity contribution in [2.45, 2.75) is 62.4 Å². The first-order chi connectivity index (χ1) is 21.6. The van der Waals surface area contributed by atoms with E-state index in [4.69, 9.17) is 16.3 Å². The zero-order chi connectivity index (χ0) is 31.7. The molecule has 14 nitrogen and oxygen atoms in total. The van der Waals surface area contributed by atoms with Crippen LogP contribution in [-0.2, 0) is 26.8 Å². The number of carbonyl (C=O) groups is 2. The lowest BCUT2D eigenvalue weighted by atomic mass is 9.85. The smallest absolute Gasteiger partial charge is 0.279 e. The summed E-state index contributed by atoms with van der Waals surface area (Å²) < 4.78 is 37.6. The average molecular weight is 660 g/mol. The lowest BCUT2D eigenvalue weighted by Crippen LogP contribution is -2.51. The van der Waals surface area contributed by atoms with Crippen LogP contribution in [0.25, 0.3) is 10.9 Å². The largest absolute Gasteiger partial charge is 0.480 e. The van der Waals surface area contributed by atoms with Crippen LogP contribution in [0.3, 0.4) is 0 Å². The highest BCUT2D eigenvalue weighted by atomic mass is 35.5. The minimum absolute atomic E-state index is 0.0176. The van der Waals surface area contributed by atoms with Crippen LogP contribution in [0.2, 0.25) is 5.02 Å². The number of anilines is 1. The highest BCUT2D eigenvalue weighted by Gasteiger charge is 2.33. The molecule has 3 aromatic rings. The quantitative estimate of drug-likeness (QED) is 0.248. The second kappa shape index (κ2) is 13.2. The average Bonchev–Trinajstić information content (AvgIpc) is 3.36. The lowest BCUT2D eigenvalue weighted by Gasteiger charge is -2.34. The number of halogens is 1. The van der Waals surface area contributed by atoms with Crippen molar-refractivity contribution < 1.29 is 22.7 Å². The molecule has 0 radical (unpaired) electrons. The van der Waals surface area contributed by atoms with Gasteiger partial charge in [-0.15, -0.1) is 0 Å². The number of rotatable bonds is 9. The third kappa shape index (κ3) is 6.92. The van der Waals surface area contributed by atoms with Crippen LogP contribution >= 0.6 is 11.6 Å². The van der Waals surface area contributed by atoms with Gasteiger partial charge in [-0.1, -0.05) is 23.7 Å². The van der Waals surface area contributed by atoms with E-state index in [1.54, 1.807) is 4.68 Å². The van der Waals surface area contributed by atoms with E-state index in [2.05, 4.69) is 47.9 Å². The summed E-state index contributed by atoms with van der Waals surface area (Å²) in [6, 6.07) is 6.24. The third-order valence-electron chi connectivity index (χ3n) is 8.98. The molecule has 3 fully saturated rings. The Balaban J connectivity index is 1.03. The van der Waals surface area contributed by atoms with E-state index >= 15 is 0 Å². The van der Waals surface area contributed by atoms with Crippen LogP contribution in [0.5, 0.6) is 5.88 Å². The summed E-state index contributed by atoms with van der Waals surface area (Å²) in [5.74, 6) is -0.0643. The van der Waals surface area contributed by atoms with Gasteiger partial charge in [0.1, 0.15) is 5.02 Å². The van der Waals surface area contributed by atoms with E-state index in [-0.39, 0.29) is 35.7 Å². The number of amides is 2. The number of aryl methyl sites for hydroxylation is 1. The Kier molecular flexibility index (Phi) is 9.24. The number of hydrogen-bond acceptors (Lipinski definition) is 10. The summed E-state index contributed by atoms with van der Waals surface area (Å²) in [5, 5.41) is 15.0. The number of nitrogens with zero attached hydrogens (tertiary/aromatic N) is 5. The number of aromatic nitrogens is 4. The number of carbonyl (C=O) groups excluding carboxylic acids is 2. The summed E-state index contributed by atoms with van der Waals surface area (Å²) >= 11 is 6.01. The van der Waals surface area contributed by atoms with Crippen molar-refractivity contribution in [1.82, 2.24) is 39.4 Å². The molecule has 6 rings (SSSR count). The van der Waals surface area contributed by atoms with Crippen molar-refractivity contribution >= 4 is 50.5 Å². The molecule has 242 valence electrons. The molecule has 0 aliphatic carbocycles. The maximum atomic E-state index is 13.2. The van der Waals surface area contributed by atoms with Gasteiger partial charge in [-0.3, -0.25) is 19.6 Å². The fraction of sp³-hybridized carbons (Fsp3) is 0.552. The summed E-state index contributed by atoms with van der Waals surface area (Å²) in [5.41, 5.74) is 2.79. The zero-order valence-electron chi connectivity index (χ0n) is 25.3. The number of ether oxygens (including phenoxy) is 1. The van der Waals surface area contributed by atoms with Crippen LogP contribution in [0.1, 0.15) is 61.6 Å². The Morgan fingerprint density at radius 3 is 2.71 bits per heavy atom. The predicted molar refractivity (Wildman–Crippen MR) is 168 cm³/mol. The van der Waals surface area contributed by atoms with Gasteiger partial charge < -0.3 is 15.4 Å². The monoisotopic (exact) mass is 659 g/mol. The first kappa shape index (κ1) is 31.6. The molecule has 3 atom stereocenters. The molecule has 2 aromatic heterocycles. The van der Waals surface area contributed by atoms with Gasteiger partial charge in [-0.05, 0) is 56.2 Å². The van der Waals surface area contributed by atoms with E-state index in [0.717, 1.165) is 35.9 Å². The van der Waals surface area contributed by atoms with Crippen LogP contribution in [0.4, 0.5) is 5.95 Å². The highest BCUT2D eigenvalue weighted by molar-refractivity contribution is 7.87. The van der Waals surface area contributed by atoms with E-state index < -0.39 is 16.1 Å². The van der Waals surface area contributed by atoms with Crippen molar-refractivity contribution in [3.8, 4) is 5.88 Å². The number of fused-ring (bicyclic) bond motifs is 1. The highest BCUT2D eigenvalue weighted by Crippen LogP contribution is 2.34. The first-order valence-electron chi connectivity index (χ1n) is 15.2. The lowest BCUT2D eigenvalue weighted by molar-refractivity contribution is -0.134. The van der Waals surface area contributed by atoms with Gasteiger partial charge in [0.2, 0.25) is 23.6 Å².